The smallest absolute Gasteiger partial charge is 0.0708 e. The summed E-state index contributed by atoms with van der Waals surface area (Å²) in [4.78, 5) is 0. The Morgan fingerprint density at radius 1 is 1.25 bits per heavy atom. The van der Waals surface area contributed by atoms with Gasteiger partial charge in [-0.15, -0.1) is 0 Å². The maximum Gasteiger partial charge on any atom is 0.0708 e. The van der Waals surface area contributed by atoms with E-state index in [1.54, 1.807) is 0 Å². The van der Waals surface area contributed by atoms with Crippen molar-refractivity contribution in [3.05, 3.63) is 0 Å². The van der Waals surface area contributed by atoms with Crippen LogP contribution in [0.15, 0.2) is 0 Å². The Balaban J connectivity index is 1.79. The van der Waals surface area contributed by atoms with Crippen LogP contribution in [0.1, 0.15) is 39.0 Å². The second-order valence-electron chi connectivity index (χ2n) is 5.38. The van der Waals surface area contributed by atoms with Crippen molar-refractivity contribution in [1.82, 2.24) is 0 Å². The number of aliphatic hydroxyl groups is 1. The highest BCUT2D eigenvalue weighted by Gasteiger charge is 2.60. The molecule has 0 radical (unpaired) electrons. The van der Waals surface area contributed by atoms with Crippen LogP contribution in [0.3, 0.4) is 0 Å². The molecule has 0 heterocycles. The van der Waals surface area contributed by atoms with Gasteiger partial charge in [0, 0.05) is 0 Å². The van der Waals surface area contributed by atoms with Gasteiger partial charge in [-0.05, 0) is 49.4 Å². The Kier molecular flexibility index (Phi) is 1.27. The van der Waals surface area contributed by atoms with Gasteiger partial charge in [-0.3, -0.25) is 0 Å². The number of fused-ring (bicyclic) bond motifs is 2. The molecule has 0 aromatic carbocycles. The van der Waals surface area contributed by atoms with Crippen molar-refractivity contribution in [2.24, 2.45) is 23.7 Å². The molecule has 0 saturated heterocycles. The van der Waals surface area contributed by atoms with Crippen LogP contribution in [0.5, 0.6) is 0 Å². The van der Waals surface area contributed by atoms with Crippen molar-refractivity contribution < 1.29 is 5.11 Å². The van der Waals surface area contributed by atoms with Crippen molar-refractivity contribution in [2.45, 2.75) is 44.6 Å². The molecule has 2 bridgehead atoms. The molecule has 3 fully saturated rings. The Hall–Kier alpha value is -0.0400. The summed E-state index contributed by atoms with van der Waals surface area (Å²) in [5.41, 5.74) is -0.208. The molecule has 3 aliphatic carbocycles. The van der Waals surface area contributed by atoms with Gasteiger partial charge in [-0.25, -0.2) is 0 Å². The highest BCUT2D eigenvalue weighted by atomic mass is 16.3. The fourth-order valence-electron chi connectivity index (χ4n) is 3.81. The van der Waals surface area contributed by atoms with Gasteiger partial charge in [0.25, 0.3) is 0 Å². The topological polar surface area (TPSA) is 20.2 Å². The predicted molar refractivity (Wildman–Crippen MR) is 47.7 cm³/mol. The maximum absolute atomic E-state index is 10.2. The zero-order valence-corrected chi connectivity index (χ0v) is 7.79. The Bertz CT molecular complexity index is 213. The molecule has 5 atom stereocenters. The lowest BCUT2D eigenvalue weighted by atomic mass is 9.82. The SMILES string of the molecule is CC1CC1(O)C1CC2CCC1C2. The third-order valence-electron chi connectivity index (χ3n) is 4.71. The molecule has 0 spiro atoms. The molecule has 68 valence electrons. The van der Waals surface area contributed by atoms with Crippen LogP contribution < -0.4 is 0 Å². The molecular weight excluding hydrogens is 148 g/mol. The van der Waals surface area contributed by atoms with Gasteiger partial charge in [0.15, 0.2) is 0 Å². The molecule has 3 saturated carbocycles. The van der Waals surface area contributed by atoms with Gasteiger partial charge in [-0.1, -0.05) is 13.3 Å². The van der Waals surface area contributed by atoms with Crippen LogP contribution in [0, 0.1) is 23.7 Å². The van der Waals surface area contributed by atoms with Crippen LogP contribution in [0.25, 0.3) is 0 Å². The van der Waals surface area contributed by atoms with E-state index in [4.69, 9.17) is 0 Å². The average molecular weight is 166 g/mol. The molecule has 0 aromatic heterocycles. The number of rotatable bonds is 1. The van der Waals surface area contributed by atoms with E-state index in [0.717, 1.165) is 18.3 Å². The molecule has 0 aliphatic heterocycles. The second-order valence-corrected chi connectivity index (χ2v) is 5.38. The zero-order chi connectivity index (χ0) is 8.34. The first kappa shape index (κ1) is 7.37. The summed E-state index contributed by atoms with van der Waals surface area (Å²) >= 11 is 0. The summed E-state index contributed by atoms with van der Waals surface area (Å²) in [5.74, 6) is 3.16. The molecule has 1 N–H and O–H groups in total. The van der Waals surface area contributed by atoms with E-state index < -0.39 is 0 Å². The van der Waals surface area contributed by atoms with Gasteiger partial charge in [0.05, 0.1) is 5.60 Å². The van der Waals surface area contributed by atoms with Crippen molar-refractivity contribution in [3.8, 4) is 0 Å². The minimum atomic E-state index is -0.208. The molecule has 12 heavy (non-hydrogen) atoms. The minimum Gasteiger partial charge on any atom is -0.389 e. The summed E-state index contributed by atoms with van der Waals surface area (Å²) in [6, 6.07) is 0. The fourth-order valence-corrected chi connectivity index (χ4v) is 3.81. The van der Waals surface area contributed by atoms with E-state index in [9.17, 15) is 5.11 Å². The maximum atomic E-state index is 10.2. The molecule has 0 amide bonds. The van der Waals surface area contributed by atoms with Gasteiger partial charge < -0.3 is 5.11 Å². The summed E-state index contributed by atoms with van der Waals surface area (Å²) in [7, 11) is 0. The normalized spacial score (nSPS) is 62.5. The first-order valence-electron chi connectivity index (χ1n) is 5.42. The van der Waals surface area contributed by atoms with E-state index >= 15 is 0 Å². The monoisotopic (exact) mass is 166 g/mol. The molecule has 1 nitrogen and oxygen atoms in total. The molecule has 5 unspecified atom stereocenters. The van der Waals surface area contributed by atoms with Gasteiger partial charge in [0.1, 0.15) is 0 Å². The number of hydrogen-bond donors (Lipinski definition) is 1. The van der Waals surface area contributed by atoms with Crippen LogP contribution in [0.2, 0.25) is 0 Å². The summed E-state index contributed by atoms with van der Waals surface area (Å²) < 4.78 is 0. The summed E-state index contributed by atoms with van der Waals surface area (Å²) in [6.07, 6.45) is 6.71. The van der Waals surface area contributed by atoms with E-state index in [1.165, 1.54) is 25.7 Å². The van der Waals surface area contributed by atoms with Crippen LogP contribution in [-0.2, 0) is 0 Å². The fraction of sp³-hybridized carbons (Fsp3) is 1.00. The molecular formula is C11H18O. The van der Waals surface area contributed by atoms with Crippen molar-refractivity contribution in [1.29, 1.82) is 0 Å². The molecule has 3 aliphatic rings. The molecule has 3 rings (SSSR count). The summed E-state index contributed by atoms with van der Waals surface area (Å²) in [6.45, 7) is 2.20. The minimum absolute atomic E-state index is 0.208. The molecule has 0 aromatic rings. The molecule has 1 heteroatoms. The van der Waals surface area contributed by atoms with Crippen molar-refractivity contribution in [3.63, 3.8) is 0 Å². The average Bonchev–Trinajstić information content (AvgIpc) is 2.55. The van der Waals surface area contributed by atoms with Crippen molar-refractivity contribution in [2.75, 3.05) is 0 Å². The van der Waals surface area contributed by atoms with Gasteiger partial charge >= 0.3 is 0 Å². The Morgan fingerprint density at radius 2 is 2.00 bits per heavy atom. The van der Waals surface area contributed by atoms with Crippen LogP contribution >= 0.6 is 0 Å². The first-order chi connectivity index (χ1) is 5.70. The highest BCUT2D eigenvalue weighted by molar-refractivity contribution is 5.11. The van der Waals surface area contributed by atoms with E-state index in [-0.39, 0.29) is 5.60 Å². The Labute approximate surface area is 74.2 Å². The van der Waals surface area contributed by atoms with Gasteiger partial charge in [0.2, 0.25) is 0 Å². The second kappa shape index (κ2) is 2.06. The number of hydrogen-bond acceptors (Lipinski definition) is 1. The quantitative estimate of drug-likeness (QED) is 0.633. The third-order valence-corrected chi connectivity index (χ3v) is 4.71. The van der Waals surface area contributed by atoms with Crippen LogP contribution in [-0.4, -0.2) is 10.7 Å². The van der Waals surface area contributed by atoms with Crippen molar-refractivity contribution >= 4 is 0 Å². The lowest BCUT2D eigenvalue weighted by molar-refractivity contribution is 0.0383. The first-order valence-corrected chi connectivity index (χ1v) is 5.42. The summed E-state index contributed by atoms with van der Waals surface area (Å²) in [5, 5.41) is 10.2. The standard InChI is InChI=1S/C11H18O/c1-7-6-11(7,12)10-5-8-2-3-9(10)4-8/h7-10,12H,2-6H2,1H3. The lowest BCUT2D eigenvalue weighted by Gasteiger charge is -2.27. The van der Waals surface area contributed by atoms with E-state index in [0.29, 0.717) is 11.8 Å². The zero-order valence-electron chi connectivity index (χ0n) is 7.79. The lowest BCUT2D eigenvalue weighted by Crippen LogP contribution is -2.28. The predicted octanol–water partition coefficient (Wildman–Crippen LogP) is 2.19. The van der Waals surface area contributed by atoms with E-state index in [1.807, 2.05) is 0 Å². The largest absolute Gasteiger partial charge is 0.389 e. The highest BCUT2D eigenvalue weighted by Crippen LogP contribution is 2.61. The Morgan fingerprint density at radius 3 is 2.42 bits per heavy atom. The van der Waals surface area contributed by atoms with E-state index in [2.05, 4.69) is 6.92 Å². The van der Waals surface area contributed by atoms with Gasteiger partial charge in [-0.2, -0.15) is 0 Å². The third kappa shape index (κ3) is 0.783. The van der Waals surface area contributed by atoms with Crippen LogP contribution in [0.4, 0.5) is 0 Å².